The minimum Gasteiger partial charge on any atom is -0.488 e. The average Bonchev–Trinajstić information content (AvgIpc) is 2.80. The van der Waals surface area contributed by atoms with Gasteiger partial charge in [0, 0.05) is 34.3 Å². The quantitative estimate of drug-likeness (QED) is 0.319. The predicted molar refractivity (Wildman–Crippen MR) is 128 cm³/mol. The molecule has 0 bridgehead atoms. The van der Waals surface area contributed by atoms with Crippen LogP contribution in [0.1, 0.15) is 22.8 Å². The Morgan fingerprint density at radius 2 is 1.48 bits per heavy atom. The molecule has 0 spiro atoms. The second-order valence-electron chi connectivity index (χ2n) is 7.31. The third-order valence-corrected chi connectivity index (χ3v) is 5.96. The maximum absolute atomic E-state index is 10.5. The number of hydrogen-bond donors (Lipinski definition) is 2. The molecule has 3 nitrogen and oxygen atoms in total. The van der Waals surface area contributed by atoms with E-state index >= 15 is 0 Å². The van der Waals surface area contributed by atoms with Crippen LogP contribution in [-0.4, -0.2) is 11.7 Å². The number of rotatable bonds is 8. The smallest absolute Gasteiger partial charge is 0.124 e. The monoisotopic (exact) mass is 451 g/mol. The van der Waals surface area contributed by atoms with Gasteiger partial charge in [0.1, 0.15) is 12.4 Å². The summed E-state index contributed by atoms with van der Waals surface area (Å²) in [7, 11) is 0. The summed E-state index contributed by atoms with van der Waals surface area (Å²) in [5.41, 5.74) is 2.68. The normalized spacial score (nSPS) is 12.1. The lowest BCUT2D eigenvalue weighted by atomic mass is 10.0. The van der Waals surface area contributed by atoms with E-state index in [2.05, 4.69) is 17.4 Å². The van der Waals surface area contributed by atoms with Gasteiger partial charge >= 0.3 is 0 Å². The third-order valence-electron chi connectivity index (χ3n) is 5.26. The van der Waals surface area contributed by atoms with Gasteiger partial charge in [0.15, 0.2) is 0 Å². The van der Waals surface area contributed by atoms with E-state index in [0.29, 0.717) is 23.1 Å². The lowest BCUT2D eigenvalue weighted by Crippen LogP contribution is -2.21. The molecule has 0 aliphatic carbocycles. The number of fused-ring (bicyclic) bond motifs is 1. The molecule has 0 radical (unpaired) electrons. The molecule has 0 aromatic heterocycles. The van der Waals surface area contributed by atoms with Crippen molar-refractivity contribution in [3.05, 3.63) is 112 Å². The molecule has 0 saturated carbocycles. The SMILES string of the molecule is O[C@H](CNCc1c(OCc2c(Cl)cccc2Cl)ccc2ccccc12)c1ccccc1. The highest BCUT2D eigenvalue weighted by atomic mass is 35.5. The van der Waals surface area contributed by atoms with E-state index in [1.165, 1.54) is 0 Å². The minimum absolute atomic E-state index is 0.274. The molecule has 0 unspecified atom stereocenters. The molecule has 0 amide bonds. The Morgan fingerprint density at radius 1 is 0.774 bits per heavy atom. The van der Waals surface area contributed by atoms with E-state index in [-0.39, 0.29) is 6.61 Å². The summed E-state index contributed by atoms with van der Waals surface area (Å²) in [6.45, 7) is 1.26. The van der Waals surface area contributed by atoms with E-state index in [9.17, 15) is 5.11 Å². The van der Waals surface area contributed by atoms with Gasteiger partial charge in [-0.1, -0.05) is 89.9 Å². The Bertz CT molecular complexity index is 1140. The first-order valence-corrected chi connectivity index (χ1v) is 10.9. The molecule has 4 rings (SSSR count). The van der Waals surface area contributed by atoms with E-state index in [0.717, 1.165) is 33.2 Å². The summed E-state index contributed by atoms with van der Waals surface area (Å²) in [5.74, 6) is 0.761. The maximum Gasteiger partial charge on any atom is 0.124 e. The second-order valence-corrected chi connectivity index (χ2v) is 8.12. The Hall–Kier alpha value is -2.56. The van der Waals surface area contributed by atoms with Crippen LogP contribution in [0, 0.1) is 0 Å². The molecule has 2 N–H and O–H groups in total. The van der Waals surface area contributed by atoms with Crippen LogP contribution in [-0.2, 0) is 13.2 Å². The molecular weight excluding hydrogens is 429 g/mol. The van der Waals surface area contributed by atoms with Gasteiger partial charge in [0.25, 0.3) is 0 Å². The Balaban J connectivity index is 1.54. The molecule has 0 heterocycles. The first-order valence-electron chi connectivity index (χ1n) is 10.1. The van der Waals surface area contributed by atoms with E-state index < -0.39 is 6.10 Å². The van der Waals surface area contributed by atoms with Gasteiger partial charge in [-0.3, -0.25) is 0 Å². The van der Waals surface area contributed by atoms with Crippen LogP contribution in [0.2, 0.25) is 10.0 Å². The maximum atomic E-state index is 10.5. The molecule has 0 aliphatic heterocycles. The van der Waals surface area contributed by atoms with Crippen molar-refractivity contribution in [2.45, 2.75) is 19.3 Å². The average molecular weight is 452 g/mol. The number of nitrogens with one attached hydrogen (secondary N) is 1. The number of aliphatic hydroxyl groups is 1. The largest absolute Gasteiger partial charge is 0.488 e. The van der Waals surface area contributed by atoms with Gasteiger partial charge in [-0.2, -0.15) is 0 Å². The first-order chi connectivity index (χ1) is 15.1. The molecule has 4 aromatic rings. The van der Waals surface area contributed by atoms with Crippen LogP contribution in [0.4, 0.5) is 0 Å². The fourth-order valence-corrected chi connectivity index (χ4v) is 4.09. The van der Waals surface area contributed by atoms with Crippen molar-refractivity contribution in [1.29, 1.82) is 0 Å². The zero-order valence-electron chi connectivity index (χ0n) is 16.9. The van der Waals surface area contributed by atoms with Crippen molar-refractivity contribution in [3.8, 4) is 5.75 Å². The standard InChI is InChI=1S/C26H23Cl2NO2/c27-23-11-6-12-24(28)22(23)17-31-26-14-13-18-7-4-5-10-20(18)21(26)15-29-16-25(30)19-8-2-1-3-9-19/h1-14,25,29-30H,15-17H2/t25-/m1/s1. The molecule has 0 fully saturated rings. The summed E-state index contributed by atoms with van der Waals surface area (Å²) >= 11 is 12.6. The van der Waals surface area contributed by atoms with Crippen LogP contribution >= 0.6 is 23.2 Å². The number of ether oxygens (including phenoxy) is 1. The van der Waals surface area contributed by atoms with Crippen LogP contribution < -0.4 is 10.1 Å². The molecule has 1 atom stereocenters. The van der Waals surface area contributed by atoms with E-state index in [4.69, 9.17) is 27.9 Å². The van der Waals surface area contributed by atoms with Gasteiger partial charge in [0.2, 0.25) is 0 Å². The molecule has 4 aromatic carbocycles. The molecule has 0 aliphatic rings. The topological polar surface area (TPSA) is 41.5 Å². The van der Waals surface area contributed by atoms with Gasteiger partial charge < -0.3 is 15.2 Å². The summed E-state index contributed by atoms with van der Waals surface area (Å²) in [6.07, 6.45) is -0.581. The summed E-state index contributed by atoms with van der Waals surface area (Å²) in [4.78, 5) is 0. The molecule has 5 heteroatoms. The predicted octanol–water partition coefficient (Wildman–Crippen LogP) is 6.55. The second kappa shape index (κ2) is 10.2. The summed E-state index contributed by atoms with van der Waals surface area (Å²) in [6, 6.07) is 27.3. The van der Waals surface area contributed by atoms with Crippen molar-refractivity contribution >= 4 is 34.0 Å². The highest BCUT2D eigenvalue weighted by molar-refractivity contribution is 6.35. The van der Waals surface area contributed by atoms with Crippen LogP contribution in [0.5, 0.6) is 5.75 Å². The number of hydrogen-bond acceptors (Lipinski definition) is 3. The van der Waals surface area contributed by atoms with Crippen molar-refractivity contribution in [2.24, 2.45) is 0 Å². The lowest BCUT2D eigenvalue weighted by Gasteiger charge is -2.17. The van der Waals surface area contributed by atoms with E-state index in [1.54, 1.807) is 12.1 Å². The number of halogens is 2. The highest BCUT2D eigenvalue weighted by Gasteiger charge is 2.13. The summed E-state index contributed by atoms with van der Waals surface area (Å²) in [5, 5.41) is 17.2. The van der Waals surface area contributed by atoms with Crippen molar-refractivity contribution in [1.82, 2.24) is 5.32 Å². The minimum atomic E-state index is -0.581. The number of aliphatic hydroxyl groups excluding tert-OH is 1. The molecular formula is C26H23Cl2NO2. The van der Waals surface area contributed by atoms with Gasteiger partial charge in [-0.05, 0) is 34.5 Å². The van der Waals surface area contributed by atoms with Gasteiger partial charge in [-0.25, -0.2) is 0 Å². The van der Waals surface area contributed by atoms with Crippen molar-refractivity contribution < 1.29 is 9.84 Å². The van der Waals surface area contributed by atoms with Gasteiger partial charge in [0.05, 0.1) is 6.10 Å². The fourth-order valence-electron chi connectivity index (χ4n) is 3.58. The lowest BCUT2D eigenvalue weighted by molar-refractivity contribution is 0.174. The zero-order valence-corrected chi connectivity index (χ0v) is 18.4. The molecule has 31 heavy (non-hydrogen) atoms. The number of benzene rings is 4. The first kappa shape index (κ1) is 21.7. The van der Waals surface area contributed by atoms with Crippen LogP contribution in [0.15, 0.2) is 84.9 Å². The van der Waals surface area contributed by atoms with Crippen molar-refractivity contribution in [2.75, 3.05) is 6.54 Å². The van der Waals surface area contributed by atoms with Crippen molar-refractivity contribution in [3.63, 3.8) is 0 Å². The Labute approximate surface area is 192 Å². The zero-order chi connectivity index (χ0) is 21.6. The summed E-state index contributed by atoms with van der Waals surface area (Å²) < 4.78 is 6.16. The molecule has 0 saturated heterocycles. The van der Waals surface area contributed by atoms with E-state index in [1.807, 2.05) is 60.7 Å². The fraction of sp³-hybridized carbons (Fsp3) is 0.154. The van der Waals surface area contributed by atoms with Gasteiger partial charge in [-0.15, -0.1) is 0 Å². The molecule has 158 valence electrons. The van der Waals surface area contributed by atoms with Crippen LogP contribution in [0.3, 0.4) is 0 Å². The Kier molecular flexibility index (Phi) is 7.10. The Morgan fingerprint density at radius 3 is 2.26 bits per heavy atom. The third kappa shape index (κ3) is 5.20. The van der Waals surface area contributed by atoms with Crippen LogP contribution in [0.25, 0.3) is 10.8 Å². The highest BCUT2D eigenvalue weighted by Crippen LogP contribution is 2.31.